The number of hydrogen-bond donors (Lipinski definition) is 1. The minimum atomic E-state index is -0.460. The minimum absolute atomic E-state index is 0.0578. The van der Waals surface area contributed by atoms with Crippen molar-refractivity contribution in [1.82, 2.24) is 4.90 Å². The Balaban J connectivity index is 1.73. The Bertz CT molecular complexity index is 1110. The molecule has 144 valence electrons. The van der Waals surface area contributed by atoms with E-state index in [1.165, 1.54) is 24.3 Å². The van der Waals surface area contributed by atoms with Crippen molar-refractivity contribution in [2.24, 2.45) is 0 Å². The van der Waals surface area contributed by atoms with Crippen LogP contribution in [0.1, 0.15) is 11.1 Å². The molecule has 29 heavy (non-hydrogen) atoms. The molecule has 0 unspecified atom stereocenters. The molecule has 2 amide bonds. The highest BCUT2D eigenvalue weighted by Gasteiger charge is 2.39. The summed E-state index contributed by atoms with van der Waals surface area (Å²) >= 11 is 6.22. The van der Waals surface area contributed by atoms with Crippen LogP contribution < -0.4 is 5.32 Å². The summed E-state index contributed by atoms with van der Waals surface area (Å²) in [5, 5.41) is 3.48. The zero-order chi connectivity index (χ0) is 20.4. The summed E-state index contributed by atoms with van der Waals surface area (Å²) in [7, 11) is 0. The summed E-state index contributed by atoms with van der Waals surface area (Å²) in [5.74, 6) is -1.26. The fraction of sp³-hybridized carbons (Fsp3) is 0.0435. The predicted octanol–water partition coefficient (Wildman–Crippen LogP) is 4.87. The molecule has 1 N–H and O–H groups in total. The molecule has 4 nitrogen and oxygen atoms in total. The highest BCUT2D eigenvalue weighted by molar-refractivity contribution is 6.36. The number of anilines is 1. The molecule has 0 fully saturated rings. The van der Waals surface area contributed by atoms with Crippen LogP contribution in [-0.2, 0) is 16.1 Å². The SMILES string of the molecule is O=C1C(Nc2ccc(F)cc2)=C(c2ccccc2)C(=O)N1Cc1ccccc1Cl. The molecule has 0 radical (unpaired) electrons. The van der Waals surface area contributed by atoms with E-state index in [1.54, 1.807) is 48.5 Å². The van der Waals surface area contributed by atoms with Gasteiger partial charge in [-0.15, -0.1) is 0 Å². The van der Waals surface area contributed by atoms with Crippen LogP contribution in [-0.4, -0.2) is 16.7 Å². The quantitative estimate of drug-likeness (QED) is 0.615. The van der Waals surface area contributed by atoms with Gasteiger partial charge in [-0.3, -0.25) is 14.5 Å². The van der Waals surface area contributed by atoms with Gasteiger partial charge < -0.3 is 5.32 Å². The van der Waals surface area contributed by atoms with Crippen LogP contribution in [0.5, 0.6) is 0 Å². The van der Waals surface area contributed by atoms with Gasteiger partial charge in [-0.2, -0.15) is 0 Å². The first kappa shape index (κ1) is 18.9. The van der Waals surface area contributed by atoms with Crippen molar-refractivity contribution in [3.8, 4) is 0 Å². The first-order valence-electron chi connectivity index (χ1n) is 8.96. The second kappa shape index (κ2) is 7.89. The van der Waals surface area contributed by atoms with Crippen molar-refractivity contribution < 1.29 is 14.0 Å². The number of carbonyl (C=O) groups excluding carboxylic acids is 2. The first-order valence-corrected chi connectivity index (χ1v) is 9.34. The van der Waals surface area contributed by atoms with Gasteiger partial charge in [0, 0.05) is 10.7 Å². The van der Waals surface area contributed by atoms with E-state index in [4.69, 9.17) is 11.6 Å². The van der Waals surface area contributed by atoms with Gasteiger partial charge in [0.2, 0.25) is 0 Å². The highest BCUT2D eigenvalue weighted by Crippen LogP contribution is 2.32. The summed E-state index contributed by atoms with van der Waals surface area (Å²) in [4.78, 5) is 27.5. The number of halogens is 2. The van der Waals surface area contributed by atoms with E-state index in [2.05, 4.69) is 5.32 Å². The van der Waals surface area contributed by atoms with E-state index in [1.807, 2.05) is 6.07 Å². The summed E-state index contributed by atoms with van der Waals surface area (Å²) in [6.45, 7) is 0.0578. The number of nitrogens with one attached hydrogen (secondary N) is 1. The summed E-state index contributed by atoms with van der Waals surface area (Å²) in [5.41, 5.74) is 2.23. The van der Waals surface area contributed by atoms with Gasteiger partial charge in [-0.1, -0.05) is 60.1 Å². The lowest BCUT2D eigenvalue weighted by molar-refractivity contribution is -0.137. The average molecular weight is 407 g/mol. The monoisotopic (exact) mass is 406 g/mol. The lowest BCUT2D eigenvalue weighted by Gasteiger charge is -2.16. The fourth-order valence-corrected chi connectivity index (χ4v) is 3.38. The van der Waals surface area contributed by atoms with E-state index >= 15 is 0 Å². The van der Waals surface area contributed by atoms with Crippen LogP contribution in [0.2, 0.25) is 5.02 Å². The van der Waals surface area contributed by atoms with Crippen LogP contribution in [0, 0.1) is 5.82 Å². The van der Waals surface area contributed by atoms with Gasteiger partial charge in [0.25, 0.3) is 11.8 Å². The molecule has 0 spiro atoms. The molecule has 0 atom stereocenters. The fourth-order valence-electron chi connectivity index (χ4n) is 3.18. The van der Waals surface area contributed by atoms with E-state index < -0.39 is 11.8 Å². The smallest absolute Gasteiger partial charge is 0.278 e. The third kappa shape index (κ3) is 3.77. The second-order valence-corrected chi connectivity index (χ2v) is 6.94. The van der Waals surface area contributed by atoms with Gasteiger partial charge in [0.15, 0.2) is 0 Å². The lowest BCUT2D eigenvalue weighted by atomic mass is 10.0. The summed E-state index contributed by atoms with van der Waals surface area (Å²) < 4.78 is 13.2. The van der Waals surface area contributed by atoms with E-state index in [-0.39, 0.29) is 23.6 Å². The number of carbonyl (C=O) groups is 2. The van der Waals surface area contributed by atoms with Crippen LogP contribution in [0.15, 0.2) is 84.6 Å². The second-order valence-electron chi connectivity index (χ2n) is 6.54. The zero-order valence-electron chi connectivity index (χ0n) is 15.2. The van der Waals surface area contributed by atoms with E-state index in [9.17, 15) is 14.0 Å². The maximum atomic E-state index is 13.2. The van der Waals surface area contributed by atoms with Crippen molar-refractivity contribution >= 4 is 34.7 Å². The maximum Gasteiger partial charge on any atom is 0.278 e. The van der Waals surface area contributed by atoms with Crippen molar-refractivity contribution in [2.75, 3.05) is 5.32 Å². The zero-order valence-corrected chi connectivity index (χ0v) is 16.0. The molecule has 0 bridgehead atoms. The molecule has 0 saturated heterocycles. The Morgan fingerprint density at radius 1 is 0.828 bits per heavy atom. The van der Waals surface area contributed by atoms with Gasteiger partial charge in [0.1, 0.15) is 11.5 Å². The molecule has 3 aromatic carbocycles. The molecule has 1 aliphatic heterocycles. The van der Waals surface area contributed by atoms with Gasteiger partial charge >= 0.3 is 0 Å². The summed E-state index contributed by atoms with van der Waals surface area (Å²) in [6.07, 6.45) is 0. The van der Waals surface area contributed by atoms with Crippen molar-refractivity contribution in [1.29, 1.82) is 0 Å². The number of amides is 2. The Labute approximate surface area is 172 Å². The van der Waals surface area contributed by atoms with Crippen molar-refractivity contribution in [3.63, 3.8) is 0 Å². The summed E-state index contributed by atoms with van der Waals surface area (Å²) in [6, 6.07) is 21.6. The Morgan fingerprint density at radius 2 is 1.48 bits per heavy atom. The van der Waals surface area contributed by atoms with E-state index in [0.29, 0.717) is 21.8 Å². The third-order valence-electron chi connectivity index (χ3n) is 4.63. The molecular weight excluding hydrogens is 391 g/mol. The maximum absolute atomic E-state index is 13.2. The van der Waals surface area contributed by atoms with E-state index in [0.717, 1.165) is 4.90 Å². The largest absolute Gasteiger partial charge is 0.350 e. The minimum Gasteiger partial charge on any atom is -0.350 e. The Kier molecular flexibility index (Phi) is 5.14. The van der Waals surface area contributed by atoms with Crippen LogP contribution in [0.4, 0.5) is 10.1 Å². The highest BCUT2D eigenvalue weighted by atomic mass is 35.5. The Hall–Kier alpha value is -3.44. The number of rotatable bonds is 5. The number of benzene rings is 3. The molecule has 1 heterocycles. The Morgan fingerprint density at radius 3 is 2.17 bits per heavy atom. The van der Waals surface area contributed by atoms with Gasteiger partial charge in [-0.25, -0.2) is 4.39 Å². The van der Waals surface area contributed by atoms with Gasteiger partial charge in [0.05, 0.1) is 12.1 Å². The molecule has 6 heteroatoms. The van der Waals surface area contributed by atoms with Crippen molar-refractivity contribution in [3.05, 3.63) is 107 Å². The van der Waals surface area contributed by atoms with Crippen LogP contribution >= 0.6 is 11.6 Å². The number of imide groups is 1. The van der Waals surface area contributed by atoms with Gasteiger partial charge in [-0.05, 0) is 41.5 Å². The standard InChI is InChI=1S/C23H16ClFN2O2/c24-19-9-5-4-8-16(19)14-27-22(28)20(15-6-2-1-3-7-15)21(23(27)29)26-18-12-10-17(25)11-13-18/h1-13,26H,14H2. The average Bonchev–Trinajstić information content (AvgIpc) is 2.96. The van der Waals surface area contributed by atoms with Crippen LogP contribution in [0.25, 0.3) is 5.57 Å². The molecule has 0 aliphatic carbocycles. The number of nitrogens with zero attached hydrogens (tertiary/aromatic N) is 1. The molecule has 0 saturated carbocycles. The molecule has 0 aromatic heterocycles. The molecular formula is C23H16ClFN2O2. The first-order chi connectivity index (χ1) is 14.0. The predicted molar refractivity (Wildman–Crippen MR) is 110 cm³/mol. The topological polar surface area (TPSA) is 49.4 Å². The number of hydrogen-bond acceptors (Lipinski definition) is 3. The molecule has 1 aliphatic rings. The van der Waals surface area contributed by atoms with Crippen molar-refractivity contribution in [2.45, 2.75) is 6.54 Å². The molecule has 3 aromatic rings. The van der Waals surface area contributed by atoms with Crippen LogP contribution in [0.3, 0.4) is 0 Å². The lowest BCUT2D eigenvalue weighted by Crippen LogP contribution is -2.32. The molecule has 4 rings (SSSR count). The third-order valence-corrected chi connectivity index (χ3v) is 5.00. The normalized spacial score (nSPS) is 13.9.